The Kier molecular flexibility index (Phi) is 5.59. The molecule has 2 aromatic carbocycles. The second-order valence-electron chi connectivity index (χ2n) is 5.88. The number of hydrogen-bond acceptors (Lipinski definition) is 3. The third-order valence-electron chi connectivity index (χ3n) is 4.08. The maximum atomic E-state index is 11.9. The van der Waals surface area contributed by atoms with E-state index in [-0.39, 0.29) is 12.5 Å². The fraction of sp³-hybridized carbons (Fsp3) is 0.316. The average molecular weight is 345 g/mol. The molecule has 1 aliphatic heterocycles. The lowest BCUT2D eigenvalue weighted by Crippen LogP contribution is -2.28. The number of nitrogens with zero attached hydrogens (tertiary/aromatic N) is 1. The minimum atomic E-state index is -0.145. The molecule has 1 saturated heterocycles. The fourth-order valence-electron chi connectivity index (χ4n) is 2.73. The van der Waals surface area contributed by atoms with E-state index in [1.165, 1.54) is 18.5 Å². The molecule has 0 aromatic heterocycles. The van der Waals surface area contributed by atoms with E-state index in [0.29, 0.717) is 17.3 Å². The van der Waals surface area contributed by atoms with Crippen LogP contribution in [0.5, 0.6) is 5.75 Å². The molecular weight excluding hydrogens is 324 g/mol. The Bertz CT molecular complexity index is 665. The van der Waals surface area contributed by atoms with Crippen LogP contribution in [-0.2, 0) is 11.3 Å². The van der Waals surface area contributed by atoms with Crippen LogP contribution in [0.25, 0.3) is 0 Å². The van der Waals surface area contributed by atoms with Crippen molar-refractivity contribution >= 4 is 23.2 Å². The van der Waals surface area contributed by atoms with Crippen LogP contribution in [0.3, 0.4) is 0 Å². The largest absolute Gasteiger partial charge is 0.484 e. The first-order valence-corrected chi connectivity index (χ1v) is 8.57. The molecule has 0 spiro atoms. The van der Waals surface area contributed by atoms with Crippen molar-refractivity contribution in [2.45, 2.75) is 19.4 Å². The summed E-state index contributed by atoms with van der Waals surface area (Å²) in [6.45, 7) is 2.77. The quantitative estimate of drug-likeness (QED) is 0.870. The van der Waals surface area contributed by atoms with Gasteiger partial charge in [-0.25, -0.2) is 0 Å². The highest BCUT2D eigenvalue weighted by atomic mass is 35.5. The standard InChI is InChI=1S/C19H21ClN2O2/c20-16-5-9-18(10-6-16)24-14-19(23)21-13-15-3-7-17(8-4-15)22-11-1-2-12-22/h3-10H,1-2,11-14H2,(H,21,23). The van der Waals surface area contributed by atoms with Gasteiger partial charge in [-0.15, -0.1) is 0 Å². The Labute approximate surface area is 147 Å². The number of nitrogens with one attached hydrogen (secondary N) is 1. The summed E-state index contributed by atoms with van der Waals surface area (Å²) in [6.07, 6.45) is 2.54. The number of carbonyl (C=O) groups is 1. The molecule has 0 atom stereocenters. The van der Waals surface area contributed by atoms with Crippen molar-refractivity contribution in [3.8, 4) is 5.75 Å². The molecule has 0 radical (unpaired) electrons. The Morgan fingerprint density at radius 1 is 1.04 bits per heavy atom. The van der Waals surface area contributed by atoms with Crippen LogP contribution in [0.2, 0.25) is 5.02 Å². The van der Waals surface area contributed by atoms with Gasteiger partial charge in [-0.1, -0.05) is 23.7 Å². The monoisotopic (exact) mass is 344 g/mol. The van der Waals surface area contributed by atoms with Crippen LogP contribution in [0.15, 0.2) is 48.5 Å². The fourth-order valence-corrected chi connectivity index (χ4v) is 2.86. The number of hydrogen-bond donors (Lipinski definition) is 1. The van der Waals surface area contributed by atoms with Crippen molar-refractivity contribution in [2.24, 2.45) is 0 Å². The SMILES string of the molecule is O=C(COc1ccc(Cl)cc1)NCc1ccc(N2CCCC2)cc1. The van der Waals surface area contributed by atoms with E-state index in [1.807, 2.05) is 0 Å². The Morgan fingerprint density at radius 2 is 1.71 bits per heavy atom. The molecule has 0 aliphatic carbocycles. The van der Waals surface area contributed by atoms with Gasteiger partial charge in [-0.3, -0.25) is 4.79 Å². The molecule has 1 aliphatic rings. The summed E-state index contributed by atoms with van der Waals surface area (Å²) >= 11 is 5.81. The smallest absolute Gasteiger partial charge is 0.258 e. The van der Waals surface area contributed by atoms with Crippen molar-refractivity contribution in [3.63, 3.8) is 0 Å². The maximum Gasteiger partial charge on any atom is 0.258 e. The molecule has 4 nitrogen and oxygen atoms in total. The summed E-state index contributed by atoms with van der Waals surface area (Å²) in [5.74, 6) is 0.484. The van der Waals surface area contributed by atoms with Crippen LogP contribution in [0.4, 0.5) is 5.69 Å². The number of benzene rings is 2. The zero-order valence-electron chi connectivity index (χ0n) is 13.5. The second-order valence-corrected chi connectivity index (χ2v) is 6.32. The number of rotatable bonds is 6. The van der Waals surface area contributed by atoms with Gasteiger partial charge in [0.25, 0.3) is 5.91 Å². The van der Waals surface area contributed by atoms with E-state index < -0.39 is 0 Å². The molecule has 2 aromatic rings. The predicted octanol–water partition coefficient (Wildman–Crippen LogP) is 3.64. The van der Waals surface area contributed by atoms with Gasteiger partial charge in [0.05, 0.1) is 0 Å². The van der Waals surface area contributed by atoms with Crippen molar-refractivity contribution in [2.75, 3.05) is 24.6 Å². The van der Waals surface area contributed by atoms with E-state index in [0.717, 1.165) is 18.7 Å². The normalized spacial score (nSPS) is 13.8. The van der Waals surface area contributed by atoms with E-state index in [9.17, 15) is 4.79 Å². The molecule has 1 N–H and O–H groups in total. The maximum absolute atomic E-state index is 11.9. The van der Waals surface area contributed by atoms with Gasteiger partial charge in [0.1, 0.15) is 5.75 Å². The van der Waals surface area contributed by atoms with E-state index in [1.54, 1.807) is 24.3 Å². The molecule has 1 amide bonds. The molecule has 0 saturated carbocycles. The summed E-state index contributed by atoms with van der Waals surface area (Å²) in [7, 11) is 0. The van der Waals surface area contributed by atoms with Gasteiger partial charge >= 0.3 is 0 Å². The number of halogens is 1. The molecule has 3 rings (SSSR count). The zero-order chi connectivity index (χ0) is 16.8. The van der Waals surface area contributed by atoms with Crippen LogP contribution >= 0.6 is 11.6 Å². The summed E-state index contributed by atoms with van der Waals surface area (Å²) in [5.41, 5.74) is 2.34. The van der Waals surface area contributed by atoms with Crippen LogP contribution in [0.1, 0.15) is 18.4 Å². The highest BCUT2D eigenvalue weighted by Gasteiger charge is 2.11. The highest BCUT2D eigenvalue weighted by Crippen LogP contribution is 2.20. The van der Waals surface area contributed by atoms with Gasteiger partial charge in [0, 0.05) is 30.3 Å². The molecule has 0 unspecified atom stereocenters. The number of anilines is 1. The Balaban J connectivity index is 1.43. The molecular formula is C19H21ClN2O2. The van der Waals surface area contributed by atoms with Crippen molar-refractivity contribution < 1.29 is 9.53 Å². The molecule has 5 heteroatoms. The minimum Gasteiger partial charge on any atom is -0.484 e. The van der Waals surface area contributed by atoms with Crippen LogP contribution in [0, 0.1) is 0 Å². The first-order valence-electron chi connectivity index (χ1n) is 8.20. The first-order chi connectivity index (χ1) is 11.7. The summed E-state index contributed by atoms with van der Waals surface area (Å²) in [5, 5.41) is 3.51. The van der Waals surface area contributed by atoms with Crippen LogP contribution < -0.4 is 15.0 Å². The molecule has 24 heavy (non-hydrogen) atoms. The molecule has 0 bridgehead atoms. The van der Waals surface area contributed by atoms with Crippen molar-refractivity contribution in [1.82, 2.24) is 5.32 Å². The Hall–Kier alpha value is -2.20. The zero-order valence-corrected chi connectivity index (χ0v) is 14.3. The van der Waals surface area contributed by atoms with Crippen molar-refractivity contribution in [3.05, 3.63) is 59.1 Å². The third-order valence-corrected chi connectivity index (χ3v) is 4.33. The van der Waals surface area contributed by atoms with Crippen molar-refractivity contribution in [1.29, 1.82) is 0 Å². The summed E-state index contributed by atoms with van der Waals surface area (Å²) in [4.78, 5) is 14.3. The lowest BCUT2D eigenvalue weighted by atomic mass is 10.2. The summed E-state index contributed by atoms with van der Waals surface area (Å²) < 4.78 is 5.42. The Morgan fingerprint density at radius 3 is 2.38 bits per heavy atom. The third kappa shape index (κ3) is 4.65. The molecule has 1 heterocycles. The predicted molar refractivity (Wildman–Crippen MR) is 96.7 cm³/mol. The topological polar surface area (TPSA) is 41.6 Å². The lowest BCUT2D eigenvalue weighted by Gasteiger charge is -2.17. The molecule has 1 fully saturated rings. The van der Waals surface area contributed by atoms with Gasteiger partial charge in [-0.05, 0) is 54.8 Å². The average Bonchev–Trinajstić information content (AvgIpc) is 3.14. The number of amides is 1. The first kappa shape index (κ1) is 16.7. The highest BCUT2D eigenvalue weighted by molar-refractivity contribution is 6.30. The number of carbonyl (C=O) groups excluding carboxylic acids is 1. The molecule has 126 valence electrons. The van der Waals surface area contributed by atoms with Crippen LogP contribution in [-0.4, -0.2) is 25.6 Å². The lowest BCUT2D eigenvalue weighted by molar-refractivity contribution is -0.123. The van der Waals surface area contributed by atoms with E-state index in [2.05, 4.69) is 34.5 Å². The van der Waals surface area contributed by atoms with E-state index in [4.69, 9.17) is 16.3 Å². The van der Waals surface area contributed by atoms with Gasteiger partial charge in [-0.2, -0.15) is 0 Å². The second kappa shape index (κ2) is 8.06. The van der Waals surface area contributed by atoms with E-state index >= 15 is 0 Å². The van der Waals surface area contributed by atoms with Gasteiger partial charge in [0.15, 0.2) is 6.61 Å². The number of ether oxygens (including phenoxy) is 1. The van der Waals surface area contributed by atoms with Gasteiger partial charge in [0.2, 0.25) is 0 Å². The van der Waals surface area contributed by atoms with Gasteiger partial charge < -0.3 is 15.0 Å². The summed E-state index contributed by atoms with van der Waals surface area (Å²) in [6, 6.07) is 15.3. The minimum absolute atomic E-state index is 0.00645.